The minimum atomic E-state index is -1.21. The maximum atomic E-state index is 12.9. The molecule has 0 aliphatic heterocycles. The number of phenols is 1. The van der Waals surface area contributed by atoms with Crippen molar-refractivity contribution in [2.24, 2.45) is 11.5 Å². The molecule has 0 spiro atoms. The molecule has 0 aromatic heterocycles. The van der Waals surface area contributed by atoms with Crippen LogP contribution in [0, 0.1) is 0 Å². The Morgan fingerprint density at radius 3 is 2.13 bits per heavy atom. The Morgan fingerprint density at radius 1 is 0.968 bits per heavy atom. The Kier molecular flexibility index (Phi) is 11.0. The Balaban J connectivity index is 2.96. The summed E-state index contributed by atoms with van der Waals surface area (Å²) in [4.78, 5) is 48.1. The van der Waals surface area contributed by atoms with E-state index in [9.17, 15) is 24.3 Å². The molecule has 0 heterocycles. The molecule has 0 bridgehead atoms. The average Bonchev–Trinajstić information content (AvgIpc) is 2.72. The number of unbranched alkanes of at least 4 members (excludes halogenated alkanes) is 1. The van der Waals surface area contributed by atoms with E-state index in [4.69, 9.17) is 16.6 Å². The first kappa shape index (κ1) is 25.9. The van der Waals surface area contributed by atoms with Crippen LogP contribution in [0.3, 0.4) is 0 Å². The van der Waals surface area contributed by atoms with Gasteiger partial charge >= 0.3 is 5.97 Å². The number of rotatable bonds is 13. The van der Waals surface area contributed by atoms with Crippen molar-refractivity contribution < 1.29 is 29.4 Å². The van der Waals surface area contributed by atoms with Gasteiger partial charge in [0, 0.05) is 6.42 Å². The van der Waals surface area contributed by atoms with Gasteiger partial charge in [-0.25, -0.2) is 0 Å². The highest BCUT2D eigenvalue weighted by molar-refractivity contribution is 5.93. The Hall–Kier alpha value is -3.18. The average molecular weight is 437 g/mol. The maximum Gasteiger partial charge on any atom is 0.322 e. The number of nitrogens with two attached hydrogens (primary N) is 2. The van der Waals surface area contributed by atoms with Crippen molar-refractivity contribution >= 4 is 23.7 Å². The third kappa shape index (κ3) is 9.92. The van der Waals surface area contributed by atoms with Gasteiger partial charge < -0.3 is 37.6 Å². The molecule has 3 unspecified atom stereocenters. The molecule has 11 heteroatoms. The van der Waals surface area contributed by atoms with E-state index in [-0.39, 0.29) is 18.6 Å². The van der Waals surface area contributed by atoms with E-state index < -0.39 is 48.4 Å². The fourth-order valence-corrected chi connectivity index (χ4v) is 2.70. The second kappa shape index (κ2) is 13.2. The van der Waals surface area contributed by atoms with E-state index in [0.717, 1.165) is 0 Å². The smallest absolute Gasteiger partial charge is 0.322 e. The lowest BCUT2D eigenvalue weighted by molar-refractivity contribution is -0.138. The number of carbonyl (C=O) groups is 4. The molecule has 9 N–H and O–H groups in total. The van der Waals surface area contributed by atoms with Crippen LogP contribution in [0.5, 0.6) is 5.75 Å². The summed E-state index contributed by atoms with van der Waals surface area (Å²) >= 11 is 0. The van der Waals surface area contributed by atoms with Crippen molar-refractivity contribution in [2.45, 2.75) is 50.7 Å². The van der Waals surface area contributed by atoms with Crippen LogP contribution in [0.2, 0.25) is 0 Å². The summed E-state index contributed by atoms with van der Waals surface area (Å²) in [5.41, 5.74) is 11.7. The number of carbonyl (C=O) groups excluding carboxylic acids is 3. The van der Waals surface area contributed by atoms with Gasteiger partial charge in [-0.15, -0.1) is 0 Å². The zero-order valence-electron chi connectivity index (χ0n) is 17.5. The molecule has 0 saturated carbocycles. The van der Waals surface area contributed by atoms with E-state index in [1.165, 1.54) is 19.1 Å². The van der Waals surface area contributed by atoms with E-state index in [1.807, 2.05) is 0 Å². The lowest BCUT2D eigenvalue weighted by Crippen LogP contribution is -2.56. The highest BCUT2D eigenvalue weighted by atomic mass is 16.4. The number of benzene rings is 1. The fraction of sp³-hybridized carbons (Fsp3) is 0.500. The number of amides is 3. The quantitative estimate of drug-likeness (QED) is 0.182. The second-order valence-electron chi connectivity index (χ2n) is 7.18. The largest absolute Gasteiger partial charge is 0.508 e. The van der Waals surface area contributed by atoms with Gasteiger partial charge in [0.2, 0.25) is 17.7 Å². The molecule has 3 atom stereocenters. The lowest BCUT2D eigenvalue weighted by Gasteiger charge is -2.24. The summed E-state index contributed by atoms with van der Waals surface area (Å²) in [6.45, 7) is 1.30. The minimum absolute atomic E-state index is 0.0550. The van der Waals surface area contributed by atoms with Crippen molar-refractivity contribution in [1.82, 2.24) is 16.0 Å². The molecular formula is C20H31N5O6. The van der Waals surface area contributed by atoms with Crippen LogP contribution in [0.1, 0.15) is 31.7 Å². The molecule has 172 valence electrons. The van der Waals surface area contributed by atoms with Crippen LogP contribution in [0.15, 0.2) is 24.3 Å². The van der Waals surface area contributed by atoms with Gasteiger partial charge in [0.15, 0.2) is 0 Å². The first-order chi connectivity index (χ1) is 14.6. The predicted octanol–water partition coefficient (Wildman–Crippen LogP) is -1.42. The summed E-state index contributed by atoms with van der Waals surface area (Å²) in [5.74, 6) is -2.97. The number of aliphatic carboxylic acids is 1. The van der Waals surface area contributed by atoms with Crippen LogP contribution < -0.4 is 27.4 Å². The number of carboxylic acids is 1. The Labute approximate surface area is 180 Å². The Bertz CT molecular complexity index is 753. The summed E-state index contributed by atoms with van der Waals surface area (Å²) in [6.07, 6.45) is 1.51. The van der Waals surface area contributed by atoms with E-state index >= 15 is 0 Å². The number of hydrogen-bond donors (Lipinski definition) is 7. The zero-order valence-corrected chi connectivity index (χ0v) is 17.5. The van der Waals surface area contributed by atoms with Crippen LogP contribution in [0.25, 0.3) is 0 Å². The molecule has 31 heavy (non-hydrogen) atoms. The highest BCUT2D eigenvalue weighted by Gasteiger charge is 2.27. The number of phenolic OH excluding ortho intramolecular Hbond substituents is 1. The molecule has 0 fully saturated rings. The summed E-state index contributed by atoms with van der Waals surface area (Å²) < 4.78 is 0. The number of hydrogen-bond acceptors (Lipinski definition) is 7. The second-order valence-corrected chi connectivity index (χ2v) is 7.18. The first-order valence-corrected chi connectivity index (χ1v) is 9.97. The number of carboxylic acid groups (broad SMARTS) is 1. The molecule has 11 nitrogen and oxygen atoms in total. The van der Waals surface area contributed by atoms with Gasteiger partial charge in [0.05, 0.1) is 6.04 Å². The van der Waals surface area contributed by atoms with Crippen molar-refractivity contribution in [3.8, 4) is 5.75 Å². The Morgan fingerprint density at radius 2 is 1.58 bits per heavy atom. The third-order valence-corrected chi connectivity index (χ3v) is 4.42. The zero-order chi connectivity index (χ0) is 23.4. The van der Waals surface area contributed by atoms with Gasteiger partial charge in [-0.05, 0) is 50.4 Å². The molecule has 3 amide bonds. The molecule has 1 rings (SSSR count). The van der Waals surface area contributed by atoms with Gasteiger partial charge in [0.1, 0.15) is 24.4 Å². The van der Waals surface area contributed by atoms with Crippen molar-refractivity contribution in [2.75, 3.05) is 13.1 Å². The monoisotopic (exact) mass is 437 g/mol. The standard InChI is InChI=1S/C20H31N5O6/c1-12(22)18(29)25-16(10-13-5-7-14(26)8-6-13)20(31)24-15(4-2-3-9-21)19(30)23-11-17(27)28/h5-8,12,15-16,26H,2-4,9-11,21-22H2,1H3,(H,23,30)(H,24,31)(H,25,29)(H,27,28). The lowest BCUT2D eigenvalue weighted by atomic mass is 10.0. The molecule has 1 aromatic carbocycles. The van der Waals surface area contributed by atoms with Gasteiger partial charge in [-0.2, -0.15) is 0 Å². The van der Waals surface area contributed by atoms with E-state index in [2.05, 4.69) is 16.0 Å². The summed E-state index contributed by atoms with van der Waals surface area (Å²) in [6, 6.07) is 3.23. The molecule has 0 radical (unpaired) electrons. The van der Waals surface area contributed by atoms with Gasteiger partial charge in [0.25, 0.3) is 0 Å². The SMILES string of the molecule is CC(N)C(=O)NC(Cc1ccc(O)cc1)C(=O)NC(CCCCN)C(=O)NCC(=O)O. The molecule has 0 saturated heterocycles. The summed E-state index contributed by atoms with van der Waals surface area (Å²) in [7, 11) is 0. The third-order valence-electron chi connectivity index (χ3n) is 4.42. The van der Waals surface area contributed by atoms with Gasteiger partial charge in [-0.3, -0.25) is 19.2 Å². The fourth-order valence-electron chi connectivity index (χ4n) is 2.70. The van der Waals surface area contributed by atoms with Crippen molar-refractivity contribution in [3.05, 3.63) is 29.8 Å². The topological polar surface area (TPSA) is 197 Å². The molecular weight excluding hydrogens is 406 g/mol. The number of aromatic hydroxyl groups is 1. The van der Waals surface area contributed by atoms with Crippen molar-refractivity contribution in [1.29, 1.82) is 0 Å². The first-order valence-electron chi connectivity index (χ1n) is 9.97. The number of nitrogens with one attached hydrogen (secondary N) is 3. The highest BCUT2D eigenvalue weighted by Crippen LogP contribution is 2.12. The van der Waals surface area contributed by atoms with Gasteiger partial charge in [-0.1, -0.05) is 12.1 Å². The molecule has 0 aliphatic carbocycles. The van der Waals surface area contributed by atoms with E-state index in [0.29, 0.717) is 24.9 Å². The predicted molar refractivity (Wildman–Crippen MR) is 113 cm³/mol. The molecule has 0 aliphatic rings. The van der Waals surface area contributed by atoms with Crippen LogP contribution in [0.4, 0.5) is 0 Å². The van der Waals surface area contributed by atoms with Crippen LogP contribution in [-0.4, -0.2) is 65.1 Å². The van der Waals surface area contributed by atoms with Crippen LogP contribution >= 0.6 is 0 Å². The molecule has 1 aromatic rings. The van der Waals surface area contributed by atoms with E-state index in [1.54, 1.807) is 12.1 Å². The maximum absolute atomic E-state index is 12.9. The minimum Gasteiger partial charge on any atom is -0.508 e. The normalized spacial score (nSPS) is 13.5. The van der Waals surface area contributed by atoms with Crippen LogP contribution in [-0.2, 0) is 25.6 Å². The summed E-state index contributed by atoms with van der Waals surface area (Å²) in [5, 5.41) is 25.6. The van der Waals surface area contributed by atoms with Crippen molar-refractivity contribution in [3.63, 3.8) is 0 Å².